The molecule has 4 rings (SSSR count). The third-order valence-electron chi connectivity index (χ3n) is 4.34. The summed E-state index contributed by atoms with van der Waals surface area (Å²) in [5.74, 6) is 0.723. The van der Waals surface area contributed by atoms with E-state index in [1.165, 1.54) is 24.3 Å². The smallest absolute Gasteiger partial charge is 0.251 e. The van der Waals surface area contributed by atoms with Crippen LogP contribution in [0, 0.1) is 5.82 Å². The van der Waals surface area contributed by atoms with Crippen molar-refractivity contribution >= 4 is 15.7 Å². The Morgan fingerprint density at radius 2 is 1.77 bits per heavy atom. The first-order chi connectivity index (χ1) is 14.4. The molecule has 9 heteroatoms. The predicted octanol–water partition coefficient (Wildman–Crippen LogP) is 3.95. The maximum Gasteiger partial charge on any atom is 0.251 e. The first-order valence-electron chi connectivity index (χ1n) is 8.98. The van der Waals surface area contributed by atoms with Crippen LogP contribution in [0.15, 0.2) is 76.2 Å². The summed E-state index contributed by atoms with van der Waals surface area (Å²) < 4.78 is 42.4. The van der Waals surface area contributed by atoms with Crippen molar-refractivity contribution in [1.82, 2.24) is 15.2 Å². The van der Waals surface area contributed by atoms with Crippen LogP contribution in [0.2, 0.25) is 0 Å². The molecule has 2 aromatic carbocycles. The van der Waals surface area contributed by atoms with E-state index >= 15 is 0 Å². The first-order valence-corrected chi connectivity index (χ1v) is 10.9. The Balaban J connectivity index is 1.58. The minimum absolute atomic E-state index is 0.210. The molecule has 0 radical (unpaired) electrons. The van der Waals surface area contributed by atoms with Gasteiger partial charge in [0.05, 0.1) is 10.5 Å². The molecule has 30 heavy (non-hydrogen) atoms. The molecule has 0 saturated carbocycles. The highest BCUT2D eigenvalue weighted by atomic mass is 32.2. The lowest BCUT2D eigenvalue weighted by atomic mass is 10.2. The van der Waals surface area contributed by atoms with Gasteiger partial charge in [0.2, 0.25) is 5.89 Å². The first kappa shape index (κ1) is 19.7. The summed E-state index contributed by atoms with van der Waals surface area (Å²) in [7, 11) is -3.28. The quantitative estimate of drug-likeness (QED) is 0.500. The van der Waals surface area contributed by atoms with Crippen molar-refractivity contribution in [3.05, 3.63) is 78.2 Å². The van der Waals surface area contributed by atoms with E-state index in [0.717, 1.165) is 11.8 Å². The fourth-order valence-corrected chi connectivity index (χ4v) is 3.48. The molecule has 0 aliphatic heterocycles. The number of pyridine rings is 1. The summed E-state index contributed by atoms with van der Waals surface area (Å²) >= 11 is 0. The molecule has 0 atom stereocenters. The van der Waals surface area contributed by atoms with Crippen molar-refractivity contribution in [2.45, 2.75) is 11.4 Å². The number of sulfone groups is 1. The molecule has 152 valence electrons. The lowest BCUT2D eigenvalue weighted by Crippen LogP contribution is -2.03. The standard InChI is InChI=1S/C21H17FN4O3S/c1-30(27,28)17-9-7-15(8-10-17)20-25-26-21(29-20)18-6-3-11-23-19(18)24-13-14-4-2-5-16(22)12-14/h2-12H,13H2,1H3,(H,23,24). The van der Waals surface area contributed by atoms with Crippen LogP contribution in [0.4, 0.5) is 10.2 Å². The van der Waals surface area contributed by atoms with Crippen LogP contribution in [0.25, 0.3) is 22.9 Å². The number of rotatable bonds is 6. The number of anilines is 1. The molecular weight excluding hydrogens is 407 g/mol. The largest absolute Gasteiger partial charge is 0.416 e. The van der Waals surface area contributed by atoms with E-state index < -0.39 is 9.84 Å². The van der Waals surface area contributed by atoms with Crippen LogP contribution in [0.5, 0.6) is 0 Å². The van der Waals surface area contributed by atoms with Crippen molar-refractivity contribution in [1.29, 1.82) is 0 Å². The molecule has 0 aliphatic carbocycles. The van der Waals surface area contributed by atoms with Crippen molar-refractivity contribution in [3.63, 3.8) is 0 Å². The van der Waals surface area contributed by atoms with E-state index in [0.29, 0.717) is 23.5 Å². The summed E-state index contributed by atoms with van der Waals surface area (Å²) in [5, 5.41) is 11.3. The minimum Gasteiger partial charge on any atom is -0.416 e. The van der Waals surface area contributed by atoms with Crippen LogP contribution >= 0.6 is 0 Å². The number of hydrogen-bond acceptors (Lipinski definition) is 7. The lowest BCUT2D eigenvalue weighted by Gasteiger charge is -2.08. The van der Waals surface area contributed by atoms with Gasteiger partial charge in [-0.3, -0.25) is 0 Å². The van der Waals surface area contributed by atoms with E-state index in [2.05, 4.69) is 20.5 Å². The normalized spacial score (nSPS) is 11.4. The Labute approximate surface area is 172 Å². The summed E-state index contributed by atoms with van der Waals surface area (Å²) in [5.41, 5.74) is 1.96. The Hall–Kier alpha value is -3.59. The highest BCUT2D eigenvalue weighted by molar-refractivity contribution is 7.90. The molecule has 0 aliphatic rings. The molecule has 0 fully saturated rings. The van der Waals surface area contributed by atoms with Gasteiger partial charge in [-0.25, -0.2) is 17.8 Å². The Morgan fingerprint density at radius 1 is 1.00 bits per heavy atom. The van der Waals surface area contributed by atoms with Gasteiger partial charge in [0.1, 0.15) is 11.6 Å². The van der Waals surface area contributed by atoms with E-state index in [-0.39, 0.29) is 22.5 Å². The Bertz CT molecular complexity index is 1290. The molecule has 0 spiro atoms. The Kier molecular flexibility index (Phi) is 5.28. The fourth-order valence-electron chi connectivity index (χ4n) is 2.84. The van der Waals surface area contributed by atoms with Gasteiger partial charge in [0.25, 0.3) is 5.89 Å². The van der Waals surface area contributed by atoms with Crippen molar-refractivity contribution in [3.8, 4) is 22.9 Å². The molecular formula is C21H17FN4O3S. The number of aromatic nitrogens is 3. The summed E-state index contributed by atoms with van der Waals surface area (Å²) in [6.45, 7) is 0.371. The van der Waals surface area contributed by atoms with Crippen LogP contribution in [-0.4, -0.2) is 29.9 Å². The monoisotopic (exact) mass is 424 g/mol. The highest BCUT2D eigenvalue weighted by Gasteiger charge is 2.15. The SMILES string of the molecule is CS(=O)(=O)c1ccc(-c2nnc(-c3cccnc3NCc3cccc(F)c3)o2)cc1. The maximum atomic E-state index is 13.4. The predicted molar refractivity (Wildman–Crippen MR) is 110 cm³/mol. The highest BCUT2D eigenvalue weighted by Crippen LogP contribution is 2.28. The number of halogens is 1. The zero-order chi connectivity index (χ0) is 21.1. The third-order valence-corrected chi connectivity index (χ3v) is 5.47. The van der Waals surface area contributed by atoms with Gasteiger partial charge >= 0.3 is 0 Å². The van der Waals surface area contributed by atoms with Crippen molar-refractivity contribution in [2.75, 3.05) is 11.6 Å². The molecule has 2 aromatic heterocycles. The van der Waals surface area contributed by atoms with Crippen LogP contribution in [-0.2, 0) is 16.4 Å². The van der Waals surface area contributed by atoms with Gasteiger partial charge in [-0.1, -0.05) is 12.1 Å². The van der Waals surface area contributed by atoms with Gasteiger partial charge in [0, 0.05) is 24.6 Å². The van der Waals surface area contributed by atoms with Crippen molar-refractivity contribution < 1.29 is 17.2 Å². The second-order valence-electron chi connectivity index (χ2n) is 6.59. The summed E-state index contributed by atoms with van der Waals surface area (Å²) in [6.07, 6.45) is 2.77. The van der Waals surface area contributed by atoms with Gasteiger partial charge in [-0.05, 0) is 54.1 Å². The van der Waals surface area contributed by atoms with Crippen LogP contribution in [0.1, 0.15) is 5.56 Å². The second kappa shape index (κ2) is 8.03. The van der Waals surface area contributed by atoms with E-state index in [9.17, 15) is 12.8 Å². The van der Waals surface area contributed by atoms with Gasteiger partial charge in [0.15, 0.2) is 9.84 Å². The van der Waals surface area contributed by atoms with E-state index in [4.69, 9.17) is 4.42 Å². The fraction of sp³-hybridized carbons (Fsp3) is 0.0952. The molecule has 1 N–H and O–H groups in total. The number of hydrogen-bond donors (Lipinski definition) is 1. The van der Waals surface area contributed by atoms with Crippen LogP contribution in [0.3, 0.4) is 0 Å². The average Bonchev–Trinajstić information content (AvgIpc) is 3.22. The number of nitrogens with one attached hydrogen (secondary N) is 1. The maximum absolute atomic E-state index is 13.4. The van der Waals surface area contributed by atoms with E-state index in [1.54, 1.807) is 36.5 Å². The van der Waals surface area contributed by atoms with Gasteiger partial charge in [-0.15, -0.1) is 10.2 Å². The van der Waals surface area contributed by atoms with E-state index in [1.807, 2.05) is 6.07 Å². The Morgan fingerprint density at radius 3 is 2.50 bits per heavy atom. The van der Waals surface area contributed by atoms with Gasteiger partial charge in [-0.2, -0.15) is 0 Å². The van der Waals surface area contributed by atoms with Crippen LogP contribution < -0.4 is 5.32 Å². The minimum atomic E-state index is -3.28. The zero-order valence-corrected chi connectivity index (χ0v) is 16.7. The molecule has 0 saturated heterocycles. The van der Waals surface area contributed by atoms with Crippen molar-refractivity contribution in [2.24, 2.45) is 0 Å². The second-order valence-corrected chi connectivity index (χ2v) is 8.61. The van der Waals surface area contributed by atoms with Gasteiger partial charge < -0.3 is 9.73 Å². The molecule has 2 heterocycles. The topological polar surface area (TPSA) is 98.0 Å². The lowest BCUT2D eigenvalue weighted by molar-refractivity contribution is 0.584. The molecule has 0 unspecified atom stereocenters. The zero-order valence-electron chi connectivity index (χ0n) is 15.9. The molecule has 0 bridgehead atoms. The number of benzene rings is 2. The molecule has 0 amide bonds. The molecule has 7 nitrogen and oxygen atoms in total. The summed E-state index contributed by atoms with van der Waals surface area (Å²) in [4.78, 5) is 4.52. The third kappa shape index (κ3) is 4.36. The summed E-state index contributed by atoms with van der Waals surface area (Å²) in [6, 6.07) is 16.0. The molecule has 4 aromatic rings. The average molecular weight is 424 g/mol. The number of nitrogens with zero attached hydrogens (tertiary/aromatic N) is 3.